The van der Waals surface area contributed by atoms with Crippen molar-refractivity contribution in [2.45, 2.75) is 6.54 Å². The van der Waals surface area contributed by atoms with Crippen LogP contribution in [0.25, 0.3) is 0 Å². The van der Waals surface area contributed by atoms with Crippen molar-refractivity contribution < 1.29 is 14.4 Å². The number of hydrogen-bond acceptors (Lipinski definition) is 3. The highest BCUT2D eigenvalue weighted by Gasteiger charge is 2.24. The van der Waals surface area contributed by atoms with Crippen molar-refractivity contribution in [1.82, 2.24) is 4.90 Å². The summed E-state index contributed by atoms with van der Waals surface area (Å²) >= 11 is 0. The molecule has 5 heteroatoms. The molecule has 1 fully saturated rings. The highest BCUT2D eigenvalue weighted by Crippen LogP contribution is 2.18. The number of hydrogen-bond donors (Lipinski definition) is 1. The average molecular weight is 354 g/mol. The first-order valence-electron chi connectivity index (χ1n) is 9.17. The van der Waals surface area contributed by atoms with Crippen LogP contribution in [0.2, 0.25) is 0 Å². The molecule has 0 aliphatic carbocycles. The Morgan fingerprint density at radius 1 is 1.08 bits per heavy atom. The van der Waals surface area contributed by atoms with E-state index in [0.29, 0.717) is 13.1 Å². The highest BCUT2D eigenvalue weighted by atomic mass is 16.5. The smallest absolute Gasteiger partial charge is 0.277 e. The predicted molar refractivity (Wildman–Crippen MR) is 104 cm³/mol. The summed E-state index contributed by atoms with van der Waals surface area (Å²) in [5.41, 5.74) is 2.31. The number of piperazine rings is 1. The van der Waals surface area contributed by atoms with Crippen LogP contribution in [-0.4, -0.2) is 57.7 Å². The summed E-state index contributed by atoms with van der Waals surface area (Å²) < 4.78 is 5.38. The molecule has 1 saturated heterocycles. The Bertz CT molecular complexity index is 712. The van der Waals surface area contributed by atoms with Crippen LogP contribution in [0.1, 0.15) is 5.56 Å². The van der Waals surface area contributed by atoms with E-state index in [1.54, 1.807) is 12.0 Å². The van der Waals surface area contributed by atoms with Crippen molar-refractivity contribution in [2.75, 3.05) is 51.8 Å². The van der Waals surface area contributed by atoms with E-state index in [1.165, 1.54) is 10.6 Å². The zero-order valence-corrected chi connectivity index (χ0v) is 15.6. The molecule has 0 bridgehead atoms. The number of likely N-dealkylation sites (N-methyl/N-ethyl adjacent to an activating group) is 1. The van der Waals surface area contributed by atoms with Crippen LogP contribution in [0.15, 0.2) is 54.6 Å². The molecule has 1 N–H and O–H groups in total. The molecule has 26 heavy (non-hydrogen) atoms. The Balaban J connectivity index is 1.49. The molecule has 3 rings (SSSR count). The van der Waals surface area contributed by atoms with Gasteiger partial charge in [0.25, 0.3) is 5.91 Å². The fourth-order valence-electron chi connectivity index (χ4n) is 3.42. The maximum Gasteiger partial charge on any atom is 0.277 e. The molecule has 0 atom stereocenters. The Kier molecular flexibility index (Phi) is 6.12. The van der Waals surface area contributed by atoms with Gasteiger partial charge in [-0.2, -0.15) is 0 Å². The lowest BCUT2D eigenvalue weighted by molar-refractivity contribution is -0.892. The number of anilines is 1. The van der Waals surface area contributed by atoms with Gasteiger partial charge in [-0.25, -0.2) is 0 Å². The van der Waals surface area contributed by atoms with Crippen LogP contribution in [0.4, 0.5) is 5.69 Å². The number of ether oxygens (including phenoxy) is 1. The Morgan fingerprint density at radius 3 is 2.42 bits per heavy atom. The molecule has 0 spiro atoms. The molecule has 138 valence electrons. The molecule has 0 aromatic heterocycles. The van der Waals surface area contributed by atoms with E-state index in [-0.39, 0.29) is 5.91 Å². The van der Waals surface area contributed by atoms with Crippen LogP contribution in [-0.2, 0) is 11.3 Å². The third-order valence-corrected chi connectivity index (χ3v) is 5.02. The quantitative estimate of drug-likeness (QED) is 0.843. The number of rotatable bonds is 6. The normalized spacial score (nSPS) is 14.9. The molecular formula is C21H28N3O2+. The van der Waals surface area contributed by atoms with E-state index in [9.17, 15) is 4.79 Å². The highest BCUT2D eigenvalue weighted by molar-refractivity contribution is 5.76. The lowest BCUT2D eigenvalue weighted by Crippen LogP contribution is -3.15. The third-order valence-electron chi connectivity index (χ3n) is 5.02. The van der Waals surface area contributed by atoms with Gasteiger partial charge in [-0.1, -0.05) is 36.4 Å². The third kappa shape index (κ3) is 4.55. The van der Waals surface area contributed by atoms with Crippen molar-refractivity contribution in [3.8, 4) is 5.75 Å². The second-order valence-electron chi connectivity index (χ2n) is 6.81. The van der Waals surface area contributed by atoms with E-state index >= 15 is 0 Å². The van der Waals surface area contributed by atoms with Gasteiger partial charge >= 0.3 is 0 Å². The van der Waals surface area contributed by atoms with Gasteiger partial charge in [-0.15, -0.1) is 0 Å². The second kappa shape index (κ2) is 8.72. The van der Waals surface area contributed by atoms with Gasteiger partial charge in [0.1, 0.15) is 5.75 Å². The zero-order chi connectivity index (χ0) is 18.4. The number of benzene rings is 2. The van der Waals surface area contributed by atoms with Crippen molar-refractivity contribution >= 4 is 11.6 Å². The second-order valence-corrected chi connectivity index (χ2v) is 6.81. The van der Waals surface area contributed by atoms with Gasteiger partial charge in [0.05, 0.1) is 33.3 Å². The molecule has 0 saturated carbocycles. The topological polar surface area (TPSA) is 37.2 Å². The van der Waals surface area contributed by atoms with Gasteiger partial charge in [0, 0.05) is 24.8 Å². The van der Waals surface area contributed by atoms with Gasteiger partial charge in [-0.3, -0.25) is 4.79 Å². The lowest BCUT2D eigenvalue weighted by Gasteiger charge is -2.34. The summed E-state index contributed by atoms with van der Waals surface area (Å²) in [5, 5.41) is 0. The molecule has 5 nitrogen and oxygen atoms in total. The summed E-state index contributed by atoms with van der Waals surface area (Å²) in [4.78, 5) is 18.2. The maximum absolute atomic E-state index is 12.6. The predicted octanol–water partition coefficient (Wildman–Crippen LogP) is 1.06. The van der Waals surface area contributed by atoms with Crippen LogP contribution in [0.5, 0.6) is 5.75 Å². The maximum atomic E-state index is 12.6. The minimum Gasteiger partial charge on any atom is -0.496 e. The number of methoxy groups -OCH3 is 1. The number of amides is 1. The Labute approximate surface area is 155 Å². The molecule has 0 unspecified atom stereocenters. The summed E-state index contributed by atoms with van der Waals surface area (Å²) in [6.45, 7) is 5.08. The zero-order valence-electron chi connectivity index (χ0n) is 15.6. The lowest BCUT2D eigenvalue weighted by atomic mass is 10.2. The SMILES string of the molecule is COc1ccccc1CN(C)C(=O)C[NH+]1CCN(c2ccccc2)CC1. The van der Waals surface area contributed by atoms with Gasteiger partial charge < -0.3 is 19.4 Å². The Hall–Kier alpha value is -2.53. The number of quaternary nitrogens is 1. The standard InChI is InChI=1S/C21H27N3O2/c1-22(16-18-8-6-7-11-20(18)26-2)21(25)17-23-12-14-24(15-13-23)19-9-4-3-5-10-19/h3-11H,12-17H2,1-2H3/p+1. The molecule has 1 aliphatic rings. The van der Waals surface area contributed by atoms with Crippen LogP contribution in [0.3, 0.4) is 0 Å². The molecule has 1 amide bonds. The fourth-order valence-corrected chi connectivity index (χ4v) is 3.42. The number of carbonyl (C=O) groups excluding carboxylic acids is 1. The first-order valence-corrected chi connectivity index (χ1v) is 9.17. The number of carbonyl (C=O) groups is 1. The van der Waals surface area contributed by atoms with Gasteiger partial charge in [-0.05, 0) is 18.2 Å². The van der Waals surface area contributed by atoms with Crippen molar-refractivity contribution in [3.63, 3.8) is 0 Å². The number of para-hydroxylation sites is 2. The van der Waals surface area contributed by atoms with E-state index < -0.39 is 0 Å². The summed E-state index contributed by atoms with van der Waals surface area (Å²) in [5.74, 6) is 1.01. The molecule has 1 heterocycles. The molecule has 2 aromatic carbocycles. The minimum absolute atomic E-state index is 0.180. The molecule has 2 aromatic rings. The van der Waals surface area contributed by atoms with Crippen molar-refractivity contribution in [3.05, 3.63) is 60.2 Å². The van der Waals surface area contributed by atoms with Gasteiger partial charge in [0.2, 0.25) is 0 Å². The van der Waals surface area contributed by atoms with E-state index in [0.717, 1.165) is 37.5 Å². The fraction of sp³-hybridized carbons (Fsp3) is 0.381. The molecule has 1 aliphatic heterocycles. The monoisotopic (exact) mass is 354 g/mol. The average Bonchev–Trinajstić information content (AvgIpc) is 2.69. The van der Waals surface area contributed by atoms with E-state index in [2.05, 4.69) is 29.2 Å². The number of nitrogens with zero attached hydrogens (tertiary/aromatic N) is 2. The first kappa shape index (κ1) is 18.3. The Morgan fingerprint density at radius 2 is 1.73 bits per heavy atom. The summed E-state index contributed by atoms with van der Waals surface area (Å²) in [7, 11) is 3.53. The number of nitrogens with one attached hydrogen (secondary N) is 1. The molecular weight excluding hydrogens is 326 g/mol. The largest absolute Gasteiger partial charge is 0.496 e. The minimum atomic E-state index is 0.180. The first-order chi connectivity index (χ1) is 12.7. The van der Waals surface area contributed by atoms with Crippen molar-refractivity contribution in [2.24, 2.45) is 0 Å². The summed E-state index contributed by atoms with van der Waals surface area (Å²) in [6.07, 6.45) is 0. The van der Waals surface area contributed by atoms with Crippen LogP contribution in [0, 0.1) is 0 Å². The summed E-state index contributed by atoms with van der Waals surface area (Å²) in [6, 6.07) is 18.4. The van der Waals surface area contributed by atoms with Gasteiger partial charge in [0.15, 0.2) is 6.54 Å². The van der Waals surface area contributed by atoms with Crippen molar-refractivity contribution in [1.29, 1.82) is 0 Å². The van der Waals surface area contributed by atoms with E-state index in [4.69, 9.17) is 4.74 Å². The molecule has 0 radical (unpaired) electrons. The van der Waals surface area contributed by atoms with E-state index in [1.807, 2.05) is 37.4 Å². The van der Waals surface area contributed by atoms with Crippen LogP contribution >= 0.6 is 0 Å². The van der Waals surface area contributed by atoms with Crippen LogP contribution < -0.4 is 14.5 Å².